The van der Waals surface area contributed by atoms with Crippen LogP contribution in [0.3, 0.4) is 0 Å². The van der Waals surface area contributed by atoms with Crippen molar-refractivity contribution in [1.82, 2.24) is 15.1 Å². The van der Waals surface area contributed by atoms with Crippen LogP contribution >= 0.6 is 0 Å². The van der Waals surface area contributed by atoms with Crippen LogP contribution in [0, 0.1) is 0 Å². The highest BCUT2D eigenvalue weighted by Gasteiger charge is 2.40. The minimum atomic E-state index is -0.521. The molecule has 6 heteroatoms. The van der Waals surface area contributed by atoms with E-state index in [0.29, 0.717) is 19.6 Å². The number of ether oxygens (including phenoxy) is 1. The standard InChI is InChI=1S/C20H29N3O3/c1-20(2,3)26-19(25)21-16-10-7-11-22-14-23(18(24)12-17(16)22)13-15-8-5-4-6-9-15/h4-6,8-9,16-17H,7,10-14H2,1-3H3,(H,21,25). The monoisotopic (exact) mass is 359 g/mol. The number of nitrogens with one attached hydrogen (secondary N) is 1. The molecule has 0 saturated carbocycles. The Kier molecular flexibility index (Phi) is 5.51. The summed E-state index contributed by atoms with van der Waals surface area (Å²) in [6.45, 7) is 7.76. The molecule has 1 N–H and O–H groups in total. The Hall–Kier alpha value is -2.08. The van der Waals surface area contributed by atoms with Gasteiger partial charge in [-0.05, 0) is 39.2 Å². The predicted molar refractivity (Wildman–Crippen MR) is 99.4 cm³/mol. The summed E-state index contributed by atoms with van der Waals surface area (Å²) in [5.41, 5.74) is 0.618. The number of fused-ring (bicyclic) bond motifs is 1. The normalized spacial score (nSPS) is 24.1. The molecule has 1 aromatic carbocycles. The van der Waals surface area contributed by atoms with Crippen LogP contribution in [-0.2, 0) is 16.1 Å². The van der Waals surface area contributed by atoms with Gasteiger partial charge < -0.3 is 15.0 Å². The van der Waals surface area contributed by atoms with E-state index in [9.17, 15) is 9.59 Å². The fourth-order valence-corrected chi connectivity index (χ4v) is 3.75. The topological polar surface area (TPSA) is 61.9 Å². The zero-order valence-corrected chi connectivity index (χ0v) is 15.9. The maximum atomic E-state index is 12.7. The molecule has 2 aliphatic rings. The lowest BCUT2D eigenvalue weighted by Gasteiger charge is -2.47. The fraction of sp³-hybridized carbons (Fsp3) is 0.600. The second-order valence-electron chi connectivity index (χ2n) is 8.20. The van der Waals surface area contributed by atoms with Crippen LogP contribution in [0.2, 0.25) is 0 Å². The third-order valence-electron chi connectivity index (χ3n) is 4.90. The summed E-state index contributed by atoms with van der Waals surface area (Å²) in [6.07, 6.45) is 1.92. The smallest absolute Gasteiger partial charge is 0.407 e. The van der Waals surface area contributed by atoms with Crippen LogP contribution in [0.25, 0.3) is 0 Å². The van der Waals surface area contributed by atoms with Crippen molar-refractivity contribution >= 4 is 12.0 Å². The van der Waals surface area contributed by atoms with Gasteiger partial charge in [-0.15, -0.1) is 0 Å². The SMILES string of the molecule is CC(C)(C)OC(=O)NC1CCCN2CN(Cc3ccccc3)C(=O)CC12. The number of benzene rings is 1. The molecule has 2 aliphatic heterocycles. The molecule has 0 bridgehead atoms. The summed E-state index contributed by atoms with van der Waals surface area (Å²) in [4.78, 5) is 29.0. The minimum Gasteiger partial charge on any atom is -0.444 e. The zero-order chi connectivity index (χ0) is 18.7. The lowest BCUT2D eigenvalue weighted by Crippen LogP contribution is -2.62. The second kappa shape index (κ2) is 7.66. The largest absolute Gasteiger partial charge is 0.444 e. The van der Waals surface area contributed by atoms with Crippen LogP contribution in [0.5, 0.6) is 0 Å². The van der Waals surface area contributed by atoms with Gasteiger partial charge in [0.1, 0.15) is 5.60 Å². The average Bonchev–Trinajstić information content (AvgIpc) is 2.55. The van der Waals surface area contributed by atoms with E-state index < -0.39 is 11.7 Å². The molecule has 26 heavy (non-hydrogen) atoms. The molecule has 3 rings (SSSR count). The summed E-state index contributed by atoms with van der Waals surface area (Å²) in [6, 6.07) is 10.1. The minimum absolute atomic E-state index is 0.0403. The van der Waals surface area contributed by atoms with E-state index in [-0.39, 0.29) is 18.0 Å². The van der Waals surface area contributed by atoms with Crippen molar-refractivity contribution in [3.63, 3.8) is 0 Å². The molecule has 2 atom stereocenters. The maximum Gasteiger partial charge on any atom is 0.407 e. The highest BCUT2D eigenvalue weighted by Crippen LogP contribution is 2.26. The first kappa shape index (κ1) is 18.7. The summed E-state index contributed by atoms with van der Waals surface area (Å²) in [7, 11) is 0. The molecule has 0 radical (unpaired) electrons. The lowest BCUT2D eigenvalue weighted by molar-refractivity contribution is -0.144. The number of hydrogen-bond donors (Lipinski definition) is 1. The van der Waals surface area contributed by atoms with E-state index in [1.165, 1.54) is 0 Å². The van der Waals surface area contributed by atoms with Gasteiger partial charge in [0.2, 0.25) is 5.91 Å². The van der Waals surface area contributed by atoms with Crippen molar-refractivity contribution in [3.8, 4) is 0 Å². The van der Waals surface area contributed by atoms with Crippen molar-refractivity contribution in [1.29, 1.82) is 0 Å². The van der Waals surface area contributed by atoms with Gasteiger partial charge in [0.25, 0.3) is 0 Å². The average molecular weight is 359 g/mol. The first-order valence-electron chi connectivity index (χ1n) is 9.37. The molecule has 2 fully saturated rings. The molecule has 6 nitrogen and oxygen atoms in total. The Balaban J connectivity index is 1.62. The molecular weight excluding hydrogens is 330 g/mol. The van der Waals surface area contributed by atoms with E-state index in [2.05, 4.69) is 10.2 Å². The van der Waals surface area contributed by atoms with Crippen LogP contribution in [0.15, 0.2) is 30.3 Å². The number of nitrogens with zero attached hydrogens (tertiary/aromatic N) is 2. The first-order valence-corrected chi connectivity index (χ1v) is 9.37. The van der Waals surface area contributed by atoms with Crippen molar-refractivity contribution < 1.29 is 14.3 Å². The number of piperidine rings is 1. The van der Waals surface area contributed by atoms with Gasteiger partial charge in [-0.25, -0.2) is 4.79 Å². The maximum absolute atomic E-state index is 12.7. The van der Waals surface area contributed by atoms with E-state index in [1.807, 2.05) is 56.0 Å². The van der Waals surface area contributed by atoms with Crippen molar-refractivity contribution in [2.75, 3.05) is 13.2 Å². The predicted octanol–water partition coefficient (Wildman–Crippen LogP) is 2.73. The number of hydrogen-bond acceptors (Lipinski definition) is 4. The molecule has 1 aromatic rings. The number of carbonyl (C=O) groups excluding carboxylic acids is 2. The third-order valence-corrected chi connectivity index (χ3v) is 4.90. The van der Waals surface area contributed by atoms with Gasteiger partial charge in [-0.3, -0.25) is 9.69 Å². The van der Waals surface area contributed by atoms with Gasteiger partial charge in [0, 0.05) is 31.6 Å². The van der Waals surface area contributed by atoms with Crippen LogP contribution in [0.1, 0.15) is 45.6 Å². The summed E-state index contributed by atoms with van der Waals surface area (Å²) < 4.78 is 5.38. The molecule has 0 spiro atoms. The third kappa shape index (κ3) is 4.75. The molecular formula is C20H29N3O3. The Labute approximate surface area is 155 Å². The van der Waals surface area contributed by atoms with Crippen LogP contribution in [0.4, 0.5) is 4.79 Å². The number of alkyl carbamates (subject to hydrolysis) is 1. The Morgan fingerprint density at radius 1 is 1.27 bits per heavy atom. The van der Waals surface area contributed by atoms with Gasteiger partial charge in [0.15, 0.2) is 0 Å². The van der Waals surface area contributed by atoms with E-state index in [1.54, 1.807) is 0 Å². The Morgan fingerprint density at radius 3 is 2.69 bits per heavy atom. The van der Waals surface area contributed by atoms with Crippen molar-refractivity contribution in [3.05, 3.63) is 35.9 Å². The lowest BCUT2D eigenvalue weighted by atomic mass is 9.92. The van der Waals surface area contributed by atoms with E-state index >= 15 is 0 Å². The zero-order valence-electron chi connectivity index (χ0n) is 15.9. The molecule has 0 aromatic heterocycles. The second-order valence-corrected chi connectivity index (χ2v) is 8.20. The highest BCUT2D eigenvalue weighted by molar-refractivity contribution is 5.78. The van der Waals surface area contributed by atoms with Gasteiger partial charge >= 0.3 is 6.09 Å². The molecule has 0 aliphatic carbocycles. The summed E-state index contributed by atoms with van der Waals surface area (Å²) >= 11 is 0. The highest BCUT2D eigenvalue weighted by atomic mass is 16.6. The van der Waals surface area contributed by atoms with Gasteiger partial charge in [-0.2, -0.15) is 0 Å². The number of amides is 2. The van der Waals surface area contributed by atoms with Crippen molar-refractivity contribution in [2.24, 2.45) is 0 Å². The summed E-state index contributed by atoms with van der Waals surface area (Å²) in [5.74, 6) is 0.146. The van der Waals surface area contributed by atoms with Crippen molar-refractivity contribution in [2.45, 2.75) is 64.3 Å². The molecule has 2 heterocycles. The number of carbonyl (C=O) groups is 2. The summed E-state index contributed by atoms with van der Waals surface area (Å²) in [5, 5.41) is 2.99. The van der Waals surface area contributed by atoms with Crippen LogP contribution < -0.4 is 5.32 Å². The Bertz CT molecular complexity index is 641. The molecule has 2 saturated heterocycles. The molecule has 2 amide bonds. The van der Waals surface area contributed by atoms with Gasteiger partial charge in [0.05, 0.1) is 6.67 Å². The van der Waals surface area contributed by atoms with Gasteiger partial charge in [-0.1, -0.05) is 30.3 Å². The van der Waals surface area contributed by atoms with E-state index in [0.717, 1.165) is 24.9 Å². The molecule has 2 unspecified atom stereocenters. The first-order chi connectivity index (χ1) is 12.3. The van der Waals surface area contributed by atoms with E-state index in [4.69, 9.17) is 4.74 Å². The fourth-order valence-electron chi connectivity index (χ4n) is 3.75. The number of rotatable bonds is 3. The quantitative estimate of drug-likeness (QED) is 0.901. The molecule has 142 valence electrons. The van der Waals surface area contributed by atoms with Crippen LogP contribution in [-0.4, -0.2) is 52.7 Å². The Morgan fingerprint density at radius 2 is 2.00 bits per heavy atom.